The maximum Gasteiger partial charge on any atom is 0.222 e. The van der Waals surface area contributed by atoms with Crippen molar-refractivity contribution in [1.82, 2.24) is 49.1 Å². The van der Waals surface area contributed by atoms with Gasteiger partial charge in [-0.15, -0.1) is 16.4 Å². The van der Waals surface area contributed by atoms with E-state index in [1.165, 1.54) is 21.8 Å². The van der Waals surface area contributed by atoms with Crippen LogP contribution in [0, 0.1) is 19.7 Å². The van der Waals surface area contributed by atoms with Crippen LogP contribution >= 0.6 is 11.3 Å². The van der Waals surface area contributed by atoms with Crippen molar-refractivity contribution in [2.75, 3.05) is 39.9 Å². The Kier molecular flexibility index (Phi) is 13.6. The van der Waals surface area contributed by atoms with Crippen molar-refractivity contribution in [3.05, 3.63) is 130 Å². The van der Waals surface area contributed by atoms with Gasteiger partial charge in [-0.1, -0.05) is 40.7 Å². The number of imidazole rings is 1. The molecule has 0 unspecified atom stereocenters. The summed E-state index contributed by atoms with van der Waals surface area (Å²) in [5.74, 6) is 1.57. The molecule has 0 radical (unpaired) electrons. The second kappa shape index (κ2) is 20.5. The number of benzene rings is 4. The number of ether oxygens (including phenoxy) is 2. The normalized spacial score (nSPS) is 13.3. The van der Waals surface area contributed by atoms with Crippen LogP contribution in [0.5, 0.6) is 5.75 Å². The largest absolute Gasteiger partial charge is 0.484 e. The topological polar surface area (TPSA) is 134 Å². The van der Waals surface area contributed by atoms with E-state index in [2.05, 4.69) is 101 Å². The number of halogens is 1. The average molecular weight is 949 g/mol. The van der Waals surface area contributed by atoms with Gasteiger partial charge >= 0.3 is 0 Å². The molecule has 1 amide bonds. The van der Waals surface area contributed by atoms with Crippen LogP contribution in [0.1, 0.15) is 60.3 Å². The van der Waals surface area contributed by atoms with Gasteiger partial charge in [-0.05, 0) is 99.2 Å². The molecule has 1 aliphatic heterocycles. The Bertz CT molecular complexity index is 3220. The van der Waals surface area contributed by atoms with Crippen LogP contribution in [0.2, 0.25) is 0 Å². The smallest absolute Gasteiger partial charge is 0.222 e. The number of aryl methyl sites for hydroxylation is 6. The highest BCUT2D eigenvalue weighted by Crippen LogP contribution is 2.34. The van der Waals surface area contributed by atoms with E-state index in [0.29, 0.717) is 44.5 Å². The molecular formula is C53H57FN10O4S. The van der Waals surface area contributed by atoms with E-state index in [1.54, 1.807) is 33.1 Å². The van der Waals surface area contributed by atoms with E-state index < -0.39 is 5.82 Å². The summed E-state index contributed by atoms with van der Waals surface area (Å²) in [7, 11) is 1.87. The van der Waals surface area contributed by atoms with E-state index in [-0.39, 0.29) is 18.3 Å². The maximum absolute atomic E-state index is 15.5. The van der Waals surface area contributed by atoms with Gasteiger partial charge in [-0.25, -0.2) is 14.4 Å². The Morgan fingerprint density at radius 3 is 2.51 bits per heavy atom. The summed E-state index contributed by atoms with van der Waals surface area (Å²) >= 11 is 1.60. The first kappa shape index (κ1) is 46.0. The minimum Gasteiger partial charge on any atom is -0.484 e. The lowest BCUT2D eigenvalue weighted by Crippen LogP contribution is -2.38. The summed E-state index contributed by atoms with van der Waals surface area (Å²) in [5, 5.41) is 17.1. The molecule has 0 atom stereocenters. The maximum atomic E-state index is 15.5. The zero-order valence-corrected chi connectivity index (χ0v) is 40.5. The number of nitrogens with zero attached hydrogens (tertiary/aromatic N) is 10. The molecule has 9 aromatic rings. The fourth-order valence-electron chi connectivity index (χ4n) is 9.68. The molecule has 69 heavy (non-hydrogen) atoms. The lowest BCUT2D eigenvalue weighted by atomic mass is 10.0. The predicted octanol–water partition coefficient (Wildman–Crippen LogP) is 9.82. The molecule has 0 bridgehead atoms. The number of hydrogen-bond acceptors (Lipinski definition) is 11. The van der Waals surface area contributed by atoms with E-state index in [9.17, 15) is 4.79 Å². The van der Waals surface area contributed by atoms with Gasteiger partial charge in [0.2, 0.25) is 5.91 Å². The van der Waals surface area contributed by atoms with Crippen molar-refractivity contribution in [2.45, 2.75) is 85.7 Å². The first-order valence-corrected chi connectivity index (χ1v) is 24.8. The monoisotopic (exact) mass is 948 g/mol. The van der Waals surface area contributed by atoms with E-state index in [0.717, 1.165) is 114 Å². The van der Waals surface area contributed by atoms with E-state index >= 15 is 4.39 Å². The summed E-state index contributed by atoms with van der Waals surface area (Å²) in [6, 6.07) is 24.6. The van der Waals surface area contributed by atoms with Gasteiger partial charge < -0.3 is 28.0 Å². The number of unbranched alkanes of at least 4 members (excludes halogenated alkanes) is 1. The molecule has 0 saturated carbocycles. The zero-order valence-electron chi connectivity index (χ0n) is 39.7. The van der Waals surface area contributed by atoms with Gasteiger partial charge in [-0.3, -0.25) is 14.4 Å². The summed E-state index contributed by atoms with van der Waals surface area (Å²) in [5.41, 5.74) is 13.7. The fourth-order valence-corrected chi connectivity index (χ4v) is 10.2. The molecule has 1 fully saturated rings. The van der Waals surface area contributed by atoms with Crippen LogP contribution in [-0.4, -0.2) is 94.9 Å². The van der Waals surface area contributed by atoms with Crippen LogP contribution in [0.25, 0.3) is 55.2 Å². The average Bonchev–Trinajstić information content (AvgIpc) is 4.22. The van der Waals surface area contributed by atoms with Crippen molar-refractivity contribution in [1.29, 1.82) is 0 Å². The molecule has 16 heteroatoms. The Hall–Kier alpha value is -6.75. The van der Waals surface area contributed by atoms with Crippen LogP contribution in [0.3, 0.4) is 0 Å². The first-order valence-electron chi connectivity index (χ1n) is 23.9. The fraction of sp³-hybridized carbons (Fsp3) is 0.358. The Balaban J connectivity index is 0.700. The quantitative estimate of drug-likeness (QED) is 0.0722. The number of carbonyl (C=O) groups is 1. The number of morpholine rings is 1. The van der Waals surface area contributed by atoms with Gasteiger partial charge in [0, 0.05) is 104 Å². The van der Waals surface area contributed by atoms with Crippen molar-refractivity contribution >= 4 is 50.1 Å². The van der Waals surface area contributed by atoms with Crippen LogP contribution in [0.15, 0.2) is 94.4 Å². The second-order valence-corrected chi connectivity index (χ2v) is 18.7. The van der Waals surface area contributed by atoms with Gasteiger partial charge in [0.15, 0.2) is 11.6 Å². The van der Waals surface area contributed by atoms with E-state index in [4.69, 9.17) is 19.0 Å². The summed E-state index contributed by atoms with van der Waals surface area (Å²) in [6.07, 6.45) is 4.99. The van der Waals surface area contributed by atoms with Gasteiger partial charge in [0.05, 0.1) is 47.3 Å². The predicted molar refractivity (Wildman–Crippen MR) is 267 cm³/mol. The summed E-state index contributed by atoms with van der Waals surface area (Å²) < 4.78 is 38.8. The third-order valence-corrected chi connectivity index (χ3v) is 13.9. The Labute approximate surface area is 404 Å². The highest BCUT2D eigenvalue weighted by atomic mass is 32.1. The lowest BCUT2D eigenvalue weighted by molar-refractivity contribution is -0.130. The molecular weight excluding hydrogens is 892 g/mol. The van der Waals surface area contributed by atoms with Gasteiger partial charge in [0.1, 0.15) is 23.9 Å². The number of aromatic nitrogens is 8. The first-order chi connectivity index (χ1) is 33.7. The van der Waals surface area contributed by atoms with Crippen LogP contribution < -0.4 is 4.74 Å². The molecule has 356 valence electrons. The van der Waals surface area contributed by atoms with Crippen LogP contribution in [0.4, 0.5) is 4.39 Å². The second-order valence-electron chi connectivity index (χ2n) is 18.0. The van der Waals surface area contributed by atoms with Crippen LogP contribution in [-0.2, 0) is 55.2 Å². The lowest BCUT2D eigenvalue weighted by Gasteiger charge is -2.27. The molecule has 4 aromatic carbocycles. The summed E-state index contributed by atoms with van der Waals surface area (Å²) in [6.45, 7) is 13.1. The van der Waals surface area contributed by atoms with Crippen molar-refractivity contribution in [3.63, 3.8) is 0 Å². The van der Waals surface area contributed by atoms with Gasteiger partial charge in [0.25, 0.3) is 0 Å². The standard InChI is InChI=1S/C53H57FN10O4S/c1-5-63-47-15-9-38(26-43(47)42-14-12-39(29-49(42)63)46-33-69-34-55-46)30-60(4)52(65)8-6-7-19-62-31-41(57-59-62)32-67-50-17-10-37(27-44(50)54)11-18-51-56-45-28-40(53-35(2)58-68-36(53)3)13-16-48(45)64(51)21-20-61-22-24-66-25-23-61/h9-10,12-17,26-29,31,33-34H,5-8,11,18-25,30,32H2,1-4H3. The SMILES string of the molecule is CCn1c2ccc(CN(C)C(=O)CCCCn3cc(COc4ccc(CCc5nc6cc(-c7c(C)noc7C)ccc6n5CCN5CCOCC5)cc4F)nn3)cc2c2ccc(-c3cscn3)cc21. The number of thiazole rings is 1. The number of carbonyl (C=O) groups excluding carboxylic acids is 1. The minimum absolute atomic E-state index is 0.0843. The number of fused-ring (bicyclic) bond motifs is 4. The van der Waals surface area contributed by atoms with Crippen molar-refractivity contribution in [2.24, 2.45) is 0 Å². The molecule has 0 spiro atoms. The van der Waals surface area contributed by atoms with Crippen molar-refractivity contribution < 1.29 is 23.2 Å². The molecule has 1 saturated heterocycles. The molecule has 10 rings (SSSR count). The minimum atomic E-state index is -0.425. The highest BCUT2D eigenvalue weighted by molar-refractivity contribution is 7.07. The molecule has 0 N–H and O–H groups in total. The third kappa shape index (κ3) is 10.1. The number of hydrogen-bond donors (Lipinski definition) is 0. The zero-order chi connectivity index (χ0) is 47.4. The van der Waals surface area contributed by atoms with E-state index in [1.807, 2.05) is 38.7 Å². The summed E-state index contributed by atoms with van der Waals surface area (Å²) in [4.78, 5) is 27.1. The highest BCUT2D eigenvalue weighted by Gasteiger charge is 2.19. The van der Waals surface area contributed by atoms with Crippen molar-refractivity contribution in [3.8, 4) is 28.1 Å². The third-order valence-electron chi connectivity index (χ3n) is 13.3. The molecule has 1 aliphatic rings. The molecule has 5 aromatic heterocycles. The number of amides is 1. The molecule has 0 aliphatic carbocycles. The Morgan fingerprint density at radius 2 is 1.71 bits per heavy atom. The Morgan fingerprint density at radius 1 is 0.870 bits per heavy atom. The molecule has 14 nitrogen and oxygen atoms in total. The number of rotatable bonds is 19. The van der Waals surface area contributed by atoms with Gasteiger partial charge in [-0.2, -0.15) is 0 Å². The molecule has 6 heterocycles.